The number of hydrogen-bond donors (Lipinski definition) is 3. The van der Waals surface area contributed by atoms with Gasteiger partial charge < -0.3 is 20.6 Å². The second kappa shape index (κ2) is 8.43. The summed E-state index contributed by atoms with van der Waals surface area (Å²) in [5.41, 5.74) is 7.11. The average molecular weight is 389 g/mol. The van der Waals surface area contributed by atoms with E-state index in [-0.39, 0.29) is 24.2 Å². The number of benzene rings is 1. The Kier molecular flexibility index (Phi) is 6.00. The van der Waals surface area contributed by atoms with E-state index >= 15 is 0 Å². The van der Waals surface area contributed by atoms with Gasteiger partial charge in [0, 0.05) is 29.8 Å². The molecule has 1 aliphatic rings. The molecule has 2 aromatic rings. The minimum absolute atomic E-state index is 0.00787. The lowest BCUT2D eigenvalue weighted by Gasteiger charge is -2.13. The van der Waals surface area contributed by atoms with Gasteiger partial charge in [-0.15, -0.1) is 0 Å². The fourth-order valence-corrected chi connectivity index (χ4v) is 3.99. The number of anilines is 1. The van der Waals surface area contributed by atoms with E-state index in [1.165, 1.54) is 16.6 Å². The van der Waals surface area contributed by atoms with Gasteiger partial charge in [0.05, 0.1) is 5.52 Å². The van der Waals surface area contributed by atoms with E-state index in [0.717, 1.165) is 31.2 Å². The Morgan fingerprint density at radius 3 is 2.93 bits per heavy atom. The molecule has 1 aromatic carbocycles. The van der Waals surface area contributed by atoms with Crippen molar-refractivity contribution in [2.75, 3.05) is 11.0 Å². The molecule has 1 fully saturated rings. The molecular formula is C18H23N5O3S. The van der Waals surface area contributed by atoms with Gasteiger partial charge in [-0.05, 0) is 43.4 Å². The Balaban J connectivity index is 1.75. The van der Waals surface area contributed by atoms with Gasteiger partial charge in [-0.3, -0.25) is 14.3 Å². The van der Waals surface area contributed by atoms with Crippen LogP contribution in [0.3, 0.4) is 0 Å². The molecular weight excluding hydrogens is 366 g/mol. The predicted molar refractivity (Wildman–Crippen MR) is 105 cm³/mol. The minimum atomic E-state index is -0.632. The molecule has 1 heterocycles. The summed E-state index contributed by atoms with van der Waals surface area (Å²) in [5, 5.41) is 7.86. The average Bonchev–Trinajstić information content (AvgIpc) is 3.20. The minimum Gasteiger partial charge on any atom is -0.364 e. The zero-order chi connectivity index (χ0) is 19.4. The molecule has 2 unspecified atom stereocenters. The maximum atomic E-state index is 12.5. The molecule has 0 saturated heterocycles. The van der Waals surface area contributed by atoms with Gasteiger partial charge >= 0.3 is 0 Å². The van der Waals surface area contributed by atoms with Crippen molar-refractivity contribution in [3.8, 4) is 0 Å². The van der Waals surface area contributed by atoms with Crippen molar-refractivity contribution < 1.29 is 14.4 Å². The van der Waals surface area contributed by atoms with Crippen LogP contribution in [0.2, 0.25) is 0 Å². The van der Waals surface area contributed by atoms with Gasteiger partial charge in [0.15, 0.2) is 5.69 Å². The van der Waals surface area contributed by atoms with Crippen LogP contribution >= 0.6 is 11.9 Å². The molecule has 1 aromatic heterocycles. The number of aldehydes is 1. The predicted octanol–water partition coefficient (Wildman–Crippen LogP) is 1.70. The first-order valence-corrected chi connectivity index (χ1v) is 10.1. The Labute approximate surface area is 161 Å². The molecule has 0 spiro atoms. The molecule has 2 atom stereocenters. The summed E-state index contributed by atoms with van der Waals surface area (Å²) in [6, 6.07) is 5.56. The SMILES string of the molecule is CSNc1ccc2c(c1)c(C(N)=O)nn2CC(=O)NC1CCC(CC=O)C1. The molecule has 4 N–H and O–H groups in total. The summed E-state index contributed by atoms with van der Waals surface area (Å²) in [5.74, 6) is -0.450. The number of fused-ring (bicyclic) bond motifs is 1. The van der Waals surface area contributed by atoms with Crippen LogP contribution in [0.25, 0.3) is 10.9 Å². The van der Waals surface area contributed by atoms with Crippen LogP contribution in [0.1, 0.15) is 36.2 Å². The zero-order valence-corrected chi connectivity index (χ0v) is 15.9. The molecule has 9 heteroatoms. The van der Waals surface area contributed by atoms with Crippen molar-refractivity contribution >= 4 is 46.6 Å². The third-order valence-corrected chi connectivity index (χ3v) is 5.27. The summed E-state index contributed by atoms with van der Waals surface area (Å²) >= 11 is 1.44. The molecule has 1 aliphatic carbocycles. The van der Waals surface area contributed by atoms with Gasteiger partial charge in [-0.2, -0.15) is 5.10 Å². The molecule has 1 saturated carbocycles. The van der Waals surface area contributed by atoms with Gasteiger partial charge in [-0.1, -0.05) is 11.9 Å². The maximum absolute atomic E-state index is 12.5. The second-order valence-corrected chi connectivity index (χ2v) is 7.37. The van der Waals surface area contributed by atoms with E-state index in [9.17, 15) is 14.4 Å². The highest BCUT2D eigenvalue weighted by Crippen LogP contribution is 2.28. The summed E-state index contributed by atoms with van der Waals surface area (Å²) < 4.78 is 4.61. The summed E-state index contributed by atoms with van der Waals surface area (Å²) in [6.07, 6.45) is 6.03. The normalized spacial score (nSPS) is 19.1. The Morgan fingerprint density at radius 1 is 1.41 bits per heavy atom. The summed E-state index contributed by atoms with van der Waals surface area (Å²) in [4.78, 5) is 34.8. The quantitative estimate of drug-likeness (QED) is 0.467. The molecule has 0 radical (unpaired) electrons. The van der Waals surface area contributed by atoms with E-state index in [2.05, 4.69) is 15.1 Å². The number of nitrogens with zero attached hydrogens (tertiary/aromatic N) is 2. The highest BCUT2D eigenvalue weighted by molar-refractivity contribution is 7.99. The lowest BCUT2D eigenvalue weighted by atomic mass is 10.1. The fourth-order valence-electron chi connectivity index (χ4n) is 3.63. The maximum Gasteiger partial charge on any atom is 0.269 e. The van der Waals surface area contributed by atoms with Crippen molar-refractivity contribution in [1.82, 2.24) is 15.1 Å². The topological polar surface area (TPSA) is 119 Å². The monoisotopic (exact) mass is 389 g/mol. The van der Waals surface area contributed by atoms with Crippen LogP contribution in [-0.4, -0.2) is 40.2 Å². The second-order valence-electron chi connectivity index (χ2n) is 6.75. The Hall–Kier alpha value is -2.55. The number of carbonyl (C=O) groups excluding carboxylic acids is 3. The zero-order valence-electron chi connectivity index (χ0n) is 15.1. The third-order valence-electron chi connectivity index (χ3n) is 4.83. The molecule has 0 aliphatic heterocycles. The third kappa shape index (κ3) is 4.41. The summed E-state index contributed by atoms with van der Waals surface area (Å²) in [6.45, 7) is 0.00787. The van der Waals surface area contributed by atoms with Crippen LogP contribution < -0.4 is 15.8 Å². The van der Waals surface area contributed by atoms with E-state index in [1.807, 2.05) is 18.4 Å². The number of primary amides is 1. The van der Waals surface area contributed by atoms with Crippen LogP contribution in [0.4, 0.5) is 5.69 Å². The lowest BCUT2D eigenvalue weighted by molar-refractivity contribution is -0.122. The first-order chi connectivity index (χ1) is 13.0. The van der Waals surface area contributed by atoms with Crippen molar-refractivity contribution in [1.29, 1.82) is 0 Å². The van der Waals surface area contributed by atoms with Crippen molar-refractivity contribution in [3.63, 3.8) is 0 Å². The summed E-state index contributed by atoms with van der Waals surface area (Å²) in [7, 11) is 0. The van der Waals surface area contributed by atoms with Gasteiger partial charge in [0.1, 0.15) is 12.8 Å². The Bertz CT molecular complexity index is 866. The van der Waals surface area contributed by atoms with Gasteiger partial charge in [-0.25, -0.2) is 0 Å². The standard InChI is InChI=1S/C18H23N5O3S/c1-27-22-13-4-5-15-14(9-13)17(18(19)26)21-23(15)10-16(25)20-12-3-2-11(8-12)6-7-24/h4-5,7,9,11-12,22H,2-3,6,8,10H2,1H3,(H2,19,26)(H,20,25). The van der Waals surface area contributed by atoms with Gasteiger partial charge in [0.25, 0.3) is 5.91 Å². The van der Waals surface area contributed by atoms with E-state index in [4.69, 9.17) is 5.73 Å². The molecule has 0 bridgehead atoms. The largest absolute Gasteiger partial charge is 0.364 e. The van der Waals surface area contributed by atoms with Crippen LogP contribution in [0.5, 0.6) is 0 Å². The number of aromatic nitrogens is 2. The molecule has 8 nitrogen and oxygen atoms in total. The first kappa shape index (κ1) is 19.2. The van der Waals surface area contributed by atoms with Crippen molar-refractivity contribution in [2.45, 2.75) is 38.3 Å². The van der Waals surface area contributed by atoms with E-state index in [1.54, 1.807) is 6.07 Å². The highest BCUT2D eigenvalue weighted by atomic mass is 32.2. The number of nitrogens with one attached hydrogen (secondary N) is 2. The fraction of sp³-hybridized carbons (Fsp3) is 0.444. The number of amides is 2. The van der Waals surface area contributed by atoms with Crippen LogP contribution in [-0.2, 0) is 16.1 Å². The molecule has 2 amide bonds. The van der Waals surface area contributed by atoms with Crippen molar-refractivity contribution in [2.24, 2.45) is 11.7 Å². The van der Waals surface area contributed by atoms with Crippen LogP contribution in [0.15, 0.2) is 18.2 Å². The van der Waals surface area contributed by atoms with E-state index < -0.39 is 5.91 Å². The number of hydrogen-bond acceptors (Lipinski definition) is 6. The van der Waals surface area contributed by atoms with Crippen LogP contribution in [0, 0.1) is 5.92 Å². The van der Waals surface area contributed by atoms with Gasteiger partial charge in [0.2, 0.25) is 5.91 Å². The van der Waals surface area contributed by atoms with E-state index in [0.29, 0.717) is 23.2 Å². The first-order valence-electron chi connectivity index (χ1n) is 8.84. The molecule has 144 valence electrons. The highest BCUT2D eigenvalue weighted by Gasteiger charge is 2.26. The number of rotatable bonds is 8. The molecule has 27 heavy (non-hydrogen) atoms. The smallest absolute Gasteiger partial charge is 0.269 e. The lowest BCUT2D eigenvalue weighted by Crippen LogP contribution is -2.35. The number of carbonyl (C=O) groups is 3. The van der Waals surface area contributed by atoms with Crippen molar-refractivity contribution in [3.05, 3.63) is 23.9 Å². The number of nitrogens with two attached hydrogens (primary N) is 1. The Morgan fingerprint density at radius 2 is 2.22 bits per heavy atom. The molecule has 3 rings (SSSR count).